The Labute approximate surface area is 195 Å². The molecule has 7 nitrogen and oxygen atoms in total. The summed E-state index contributed by atoms with van der Waals surface area (Å²) < 4.78 is 28.0. The lowest BCUT2D eigenvalue weighted by atomic mass is 9.96. The fraction of sp³-hybridized carbons (Fsp3) is 0.440. The van der Waals surface area contributed by atoms with E-state index < -0.39 is 10.0 Å². The van der Waals surface area contributed by atoms with E-state index in [2.05, 4.69) is 5.32 Å². The number of amides is 2. The van der Waals surface area contributed by atoms with E-state index in [0.717, 1.165) is 16.8 Å². The van der Waals surface area contributed by atoms with Gasteiger partial charge in [0.15, 0.2) is 0 Å². The van der Waals surface area contributed by atoms with E-state index >= 15 is 0 Å². The van der Waals surface area contributed by atoms with Crippen molar-refractivity contribution < 1.29 is 18.0 Å². The van der Waals surface area contributed by atoms with Gasteiger partial charge < -0.3 is 10.2 Å². The third kappa shape index (κ3) is 4.68. The maximum absolute atomic E-state index is 13.3. The zero-order valence-electron chi connectivity index (χ0n) is 19.3. The summed E-state index contributed by atoms with van der Waals surface area (Å²) in [4.78, 5) is 26.7. The second-order valence-corrected chi connectivity index (χ2v) is 11.0. The molecule has 2 aliphatic rings. The van der Waals surface area contributed by atoms with Gasteiger partial charge in [-0.1, -0.05) is 30.3 Å². The molecule has 0 unspecified atom stereocenters. The van der Waals surface area contributed by atoms with Crippen LogP contribution in [-0.2, 0) is 26.0 Å². The van der Waals surface area contributed by atoms with E-state index in [1.54, 1.807) is 23.1 Å². The molecule has 0 aliphatic carbocycles. The third-order valence-electron chi connectivity index (χ3n) is 6.73. The average molecular weight is 470 g/mol. The van der Waals surface area contributed by atoms with Gasteiger partial charge in [0.1, 0.15) is 0 Å². The highest BCUT2D eigenvalue weighted by molar-refractivity contribution is 7.89. The fourth-order valence-electron chi connectivity index (χ4n) is 4.91. The van der Waals surface area contributed by atoms with Crippen LogP contribution in [0.2, 0.25) is 0 Å². The quantitative estimate of drug-likeness (QED) is 0.728. The molecular formula is C25H31N3O4S. The largest absolute Gasteiger partial charge is 0.349 e. The first-order valence-corrected chi connectivity index (χ1v) is 12.9. The highest BCUT2D eigenvalue weighted by atomic mass is 32.2. The Hall–Kier alpha value is -2.71. The number of nitrogens with zero attached hydrogens (tertiary/aromatic N) is 2. The van der Waals surface area contributed by atoms with Crippen molar-refractivity contribution in [3.8, 4) is 0 Å². The maximum Gasteiger partial charge on any atom is 0.243 e. The number of carbonyl (C=O) groups excluding carboxylic acids is 2. The first-order valence-electron chi connectivity index (χ1n) is 11.5. The molecule has 8 heteroatoms. The first kappa shape index (κ1) is 23.4. The average Bonchev–Trinajstić information content (AvgIpc) is 3.14. The van der Waals surface area contributed by atoms with Gasteiger partial charge in [-0.05, 0) is 62.4 Å². The molecule has 1 N–H and O–H groups in total. The lowest BCUT2D eigenvalue weighted by Crippen LogP contribution is -2.43. The standard InChI is InChI=1S/C25H31N3O4S/c1-17-15-22-16-23(9-10-24(22)28(17)19(3)29)33(31,32)27-13-11-21(12-14-27)25(30)26-18(2)20-7-5-4-6-8-20/h4-10,16-18,21H,11-15H2,1-3H3,(H,26,30)/t17-,18+/m0/s1. The number of sulfonamides is 1. The Morgan fingerprint density at radius 3 is 2.36 bits per heavy atom. The number of anilines is 1. The fourth-order valence-corrected chi connectivity index (χ4v) is 6.43. The number of fused-ring (bicyclic) bond motifs is 1. The van der Waals surface area contributed by atoms with Crippen LogP contribution in [0, 0.1) is 5.92 Å². The summed E-state index contributed by atoms with van der Waals surface area (Å²) >= 11 is 0. The molecular weight excluding hydrogens is 438 g/mol. The second-order valence-electron chi connectivity index (χ2n) is 9.05. The van der Waals surface area contributed by atoms with Crippen LogP contribution in [0.4, 0.5) is 5.69 Å². The van der Waals surface area contributed by atoms with Gasteiger partial charge in [0.05, 0.1) is 10.9 Å². The topological polar surface area (TPSA) is 86.8 Å². The number of piperidine rings is 1. The van der Waals surface area contributed by atoms with E-state index in [4.69, 9.17) is 0 Å². The van der Waals surface area contributed by atoms with Crippen LogP contribution in [0.25, 0.3) is 0 Å². The summed E-state index contributed by atoms with van der Waals surface area (Å²) in [5.41, 5.74) is 2.71. The van der Waals surface area contributed by atoms with Crippen LogP contribution in [0.1, 0.15) is 50.8 Å². The highest BCUT2D eigenvalue weighted by Crippen LogP contribution is 2.35. The van der Waals surface area contributed by atoms with Crippen LogP contribution in [0.3, 0.4) is 0 Å². The lowest BCUT2D eigenvalue weighted by Gasteiger charge is -2.31. The van der Waals surface area contributed by atoms with E-state index in [9.17, 15) is 18.0 Å². The summed E-state index contributed by atoms with van der Waals surface area (Å²) in [5.74, 6) is -0.273. The van der Waals surface area contributed by atoms with Crippen LogP contribution in [0.5, 0.6) is 0 Å². The van der Waals surface area contributed by atoms with Crippen molar-refractivity contribution in [2.75, 3.05) is 18.0 Å². The summed E-state index contributed by atoms with van der Waals surface area (Å²) in [6.07, 6.45) is 1.62. The molecule has 0 saturated carbocycles. The molecule has 176 valence electrons. The number of carbonyl (C=O) groups is 2. The Kier molecular flexibility index (Phi) is 6.59. The van der Waals surface area contributed by atoms with Gasteiger partial charge in [-0.15, -0.1) is 0 Å². The Bertz CT molecular complexity index is 1140. The van der Waals surface area contributed by atoms with E-state index in [1.807, 2.05) is 44.2 Å². The molecule has 2 aromatic carbocycles. The molecule has 1 fully saturated rings. The van der Waals surface area contributed by atoms with Gasteiger partial charge in [0.25, 0.3) is 0 Å². The molecule has 2 aliphatic heterocycles. The molecule has 0 bridgehead atoms. The van der Waals surface area contributed by atoms with Crippen molar-refractivity contribution in [1.82, 2.24) is 9.62 Å². The Morgan fingerprint density at radius 2 is 1.73 bits per heavy atom. The molecule has 0 spiro atoms. The van der Waals surface area contributed by atoms with Crippen molar-refractivity contribution >= 4 is 27.5 Å². The lowest BCUT2D eigenvalue weighted by molar-refractivity contribution is -0.126. The van der Waals surface area contributed by atoms with Crippen molar-refractivity contribution in [2.24, 2.45) is 5.92 Å². The van der Waals surface area contributed by atoms with Gasteiger partial charge in [-0.2, -0.15) is 4.31 Å². The van der Waals surface area contributed by atoms with Crippen LogP contribution < -0.4 is 10.2 Å². The highest BCUT2D eigenvalue weighted by Gasteiger charge is 2.35. The van der Waals surface area contributed by atoms with Gasteiger partial charge >= 0.3 is 0 Å². The van der Waals surface area contributed by atoms with Crippen molar-refractivity contribution in [1.29, 1.82) is 0 Å². The Morgan fingerprint density at radius 1 is 1.06 bits per heavy atom. The minimum atomic E-state index is -3.66. The maximum atomic E-state index is 13.3. The SMILES string of the molecule is CC(=O)N1c2ccc(S(=O)(=O)N3CCC(C(=O)N[C@H](C)c4ccccc4)CC3)cc2C[C@@H]1C. The summed E-state index contributed by atoms with van der Waals surface area (Å²) in [6.45, 7) is 6.07. The number of rotatable bonds is 5. The number of hydrogen-bond donors (Lipinski definition) is 1. The van der Waals surface area contributed by atoms with Gasteiger partial charge in [-0.3, -0.25) is 9.59 Å². The molecule has 0 aromatic heterocycles. The number of benzene rings is 2. The molecule has 2 heterocycles. The zero-order chi connectivity index (χ0) is 23.8. The third-order valence-corrected chi connectivity index (χ3v) is 8.62. The molecule has 2 amide bonds. The minimum Gasteiger partial charge on any atom is -0.349 e. The van der Waals surface area contributed by atoms with Gasteiger partial charge in [0, 0.05) is 37.7 Å². The zero-order valence-corrected chi connectivity index (χ0v) is 20.1. The van der Waals surface area contributed by atoms with Crippen molar-refractivity contribution in [3.05, 3.63) is 59.7 Å². The second kappa shape index (κ2) is 9.27. The van der Waals surface area contributed by atoms with Gasteiger partial charge in [-0.25, -0.2) is 8.42 Å². The predicted molar refractivity (Wildman–Crippen MR) is 127 cm³/mol. The van der Waals surface area contributed by atoms with Crippen molar-refractivity contribution in [3.63, 3.8) is 0 Å². The Balaban J connectivity index is 1.40. The summed E-state index contributed by atoms with van der Waals surface area (Å²) in [7, 11) is -3.66. The van der Waals surface area contributed by atoms with Crippen LogP contribution in [-0.4, -0.2) is 43.7 Å². The first-order chi connectivity index (χ1) is 15.7. The molecule has 2 aromatic rings. The molecule has 33 heavy (non-hydrogen) atoms. The summed E-state index contributed by atoms with van der Waals surface area (Å²) in [5, 5.41) is 3.06. The predicted octanol–water partition coefficient (Wildman–Crippen LogP) is 3.26. The van der Waals surface area contributed by atoms with Crippen LogP contribution in [0.15, 0.2) is 53.4 Å². The molecule has 1 saturated heterocycles. The normalized spacial score (nSPS) is 20.3. The molecule has 2 atom stereocenters. The number of nitrogens with one attached hydrogen (secondary N) is 1. The van der Waals surface area contributed by atoms with E-state index in [1.165, 1.54) is 11.2 Å². The van der Waals surface area contributed by atoms with E-state index in [-0.39, 0.29) is 34.7 Å². The monoisotopic (exact) mass is 469 g/mol. The molecule has 0 radical (unpaired) electrons. The van der Waals surface area contributed by atoms with E-state index in [0.29, 0.717) is 32.4 Å². The number of hydrogen-bond acceptors (Lipinski definition) is 4. The minimum absolute atomic E-state index is 0.0167. The van der Waals surface area contributed by atoms with Crippen LogP contribution >= 0.6 is 0 Å². The smallest absolute Gasteiger partial charge is 0.243 e. The van der Waals surface area contributed by atoms with Gasteiger partial charge in [0.2, 0.25) is 21.8 Å². The van der Waals surface area contributed by atoms with Crippen molar-refractivity contribution in [2.45, 2.75) is 57.0 Å². The summed E-state index contributed by atoms with van der Waals surface area (Å²) in [6, 6.07) is 14.7. The molecule has 4 rings (SSSR count).